The molecule has 0 saturated heterocycles. The number of amides is 1. The van der Waals surface area contributed by atoms with Crippen LogP contribution in [-0.2, 0) is 10.2 Å². The summed E-state index contributed by atoms with van der Waals surface area (Å²) >= 11 is 0. The first kappa shape index (κ1) is 13.9. The lowest BCUT2D eigenvalue weighted by molar-refractivity contribution is -0.117. The second kappa shape index (κ2) is 4.72. The summed E-state index contributed by atoms with van der Waals surface area (Å²) in [6, 6.07) is 7.36. The summed E-state index contributed by atoms with van der Waals surface area (Å²) in [6.07, 6.45) is 1.95. The molecule has 1 aromatic heterocycles. The van der Waals surface area contributed by atoms with Gasteiger partial charge >= 0.3 is 0 Å². The molecule has 1 aromatic carbocycles. The van der Waals surface area contributed by atoms with Crippen LogP contribution >= 0.6 is 0 Å². The van der Waals surface area contributed by atoms with Crippen LogP contribution in [-0.4, -0.2) is 10.9 Å². The molecule has 0 unspecified atom stereocenters. The van der Waals surface area contributed by atoms with E-state index in [-0.39, 0.29) is 22.8 Å². The van der Waals surface area contributed by atoms with Gasteiger partial charge in [0.25, 0.3) is 0 Å². The highest BCUT2D eigenvalue weighted by atomic mass is 16.2. The van der Waals surface area contributed by atoms with Crippen LogP contribution in [0.4, 0.5) is 5.69 Å². The number of H-pyrrole nitrogens is 1. The van der Waals surface area contributed by atoms with Crippen molar-refractivity contribution >= 4 is 22.5 Å². The molecule has 2 N–H and O–H groups in total. The average molecular weight is 284 g/mol. The van der Waals surface area contributed by atoms with Crippen LogP contribution in [0, 0.1) is 5.92 Å². The van der Waals surface area contributed by atoms with Crippen molar-refractivity contribution in [2.45, 2.75) is 39.0 Å². The predicted molar refractivity (Wildman–Crippen MR) is 84.6 cm³/mol. The number of hydrogen-bond donors (Lipinski definition) is 2. The molecule has 21 heavy (non-hydrogen) atoms. The highest BCUT2D eigenvalue weighted by Gasteiger charge is 2.29. The smallest absolute Gasteiger partial charge is 0.248 e. The molecule has 1 amide bonds. The van der Waals surface area contributed by atoms with Crippen LogP contribution < -0.4 is 10.9 Å². The van der Waals surface area contributed by atoms with Gasteiger partial charge in [-0.1, -0.05) is 26.8 Å². The van der Waals surface area contributed by atoms with Gasteiger partial charge in [0.15, 0.2) is 0 Å². The Bertz CT molecular complexity index is 764. The molecule has 110 valence electrons. The van der Waals surface area contributed by atoms with E-state index in [1.54, 1.807) is 6.07 Å². The molecular formula is C17H20N2O2. The Labute approximate surface area is 123 Å². The van der Waals surface area contributed by atoms with E-state index >= 15 is 0 Å². The molecule has 1 aliphatic carbocycles. The zero-order valence-corrected chi connectivity index (χ0v) is 12.6. The third kappa shape index (κ3) is 2.84. The number of aromatic nitrogens is 1. The van der Waals surface area contributed by atoms with Gasteiger partial charge in [-0.15, -0.1) is 0 Å². The number of anilines is 1. The average Bonchev–Trinajstić information content (AvgIpc) is 3.20. The van der Waals surface area contributed by atoms with Gasteiger partial charge in [0.1, 0.15) is 0 Å². The minimum absolute atomic E-state index is 0.0728. The minimum Gasteiger partial charge on any atom is -0.326 e. The molecule has 0 aliphatic heterocycles. The summed E-state index contributed by atoms with van der Waals surface area (Å²) in [7, 11) is 0. The number of aromatic amines is 1. The fourth-order valence-corrected chi connectivity index (χ4v) is 2.55. The van der Waals surface area contributed by atoms with E-state index in [0.29, 0.717) is 0 Å². The van der Waals surface area contributed by atoms with Gasteiger partial charge in [-0.3, -0.25) is 9.59 Å². The fourth-order valence-electron chi connectivity index (χ4n) is 2.55. The molecule has 0 spiro atoms. The van der Waals surface area contributed by atoms with Gasteiger partial charge in [-0.25, -0.2) is 0 Å². The maximum atomic E-state index is 11.9. The number of nitrogens with one attached hydrogen (secondary N) is 2. The quantitative estimate of drug-likeness (QED) is 0.889. The monoisotopic (exact) mass is 284 g/mol. The Morgan fingerprint density at radius 2 is 1.95 bits per heavy atom. The van der Waals surface area contributed by atoms with E-state index in [1.165, 1.54) is 0 Å². The Balaban J connectivity index is 2.05. The third-order valence-electron chi connectivity index (χ3n) is 3.87. The number of carbonyl (C=O) groups is 1. The van der Waals surface area contributed by atoms with E-state index in [2.05, 4.69) is 31.1 Å². The van der Waals surface area contributed by atoms with E-state index in [1.807, 2.05) is 18.2 Å². The van der Waals surface area contributed by atoms with E-state index < -0.39 is 0 Å². The van der Waals surface area contributed by atoms with Crippen LogP contribution in [0.2, 0.25) is 0 Å². The normalized spacial score (nSPS) is 15.2. The second-order valence-electron chi connectivity index (χ2n) is 6.82. The van der Waals surface area contributed by atoms with Crippen LogP contribution in [0.3, 0.4) is 0 Å². The molecular weight excluding hydrogens is 264 g/mol. The Morgan fingerprint density at radius 1 is 1.24 bits per heavy atom. The number of benzene rings is 1. The van der Waals surface area contributed by atoms with Crippen molar-refractivity contribution in [3.8, 4) is 0 Å². The number of pyridine rings is 1. The molecule has 0 bridgehead atoms. The van der Waals surface area contributed by atoms with Gasteiger partial charge in [-0.2, -0.15) is 0 Å². The van der Waals surface area contributed by atoms with Gasteiger partial charge < -0.3 is 10.3 Å². The van der Waals surface area contributed by atoms with Crippen molar-refractivity contribution in [2.24, 2.45) is 5.92 Å². The highest BCUT2D eigenvalue weighted by molar-refractivity contribution is 5.96. The van der Waals surface area contributed by atoms with Crippen LogP contribution in [0.15, 0.2) is 29.1 Å². The lowest BCUT2D eigenvalue weighted by Gasteiger charge is -2.21. The van der Waals surface area contributed by atoms with Crippen LogP contribution in [0.5, 0.6) is 0 Å². The fraction of sp³-hybridized carbons (Fsp3) is 0.412. The van der Waals surface area contributed by atoms with Gasteiger partial charge in [0.2, 0.25) is 11.5 Å². The first-order valence-corrected chi connectivity index (χ1v) is 7.33. The molecule has 3 rings (SSSR count). The zero-order valence-electron chi connectivity index (χ0n) is 12.6. The molecule has 4 heteroatoms. The first-order chi connectivity index (χ1) is 9.84. The Kier molecular flexibility index (Phi) is 3.12. The summed E-state index contributed by atoms with van der Waals surface area (Å²) in [5.74, 6) is 0.240. The van der Waals surface area contributed by atoms with E-state index in [4.69, 9.17) is 0 Å². The number of hydrogen-bond acceptors (Lipinski definition) is 2. The lowest BCUT2D eigenvalue weighted by atomic mass is 9.85. The van der Waals surface area contributed by atoms with Gasteiger partial charge in [0, 0.05) is 23.1 Å². The summed E-state index contributed by atoms with van der Waals surface area (Å²) < 4.78 is 0. The van der Waals surface area contributed by atoms with Crippen molar-refractivity contribution in [2.75, 3.05) is 5.32 Å². The molecule has 4 nitrogen and oxygen atoms in total. The molecule has 0 atom stereocenters. The van der Waals surface area contributed by atoms with E-state index in [0.717, 1.165) is 35.0 Å². The van der Waals surface area contributed by atoms with Crippen molar-refractivity contribution in [3.63, 3.8) is 0 Å². The molecule has 1 aliphatic rings. The summed E-state index contributed by atoms with van der Waals surface area (Å²) in [4.78, 5) is 26.5. The maximum Gasteiger partial charge on any atom is 0.248 e. The number of rotatable bonds is 2. The SMILES string of the molecule is CC(C)(C)c1cc(=O)[nH]c2cc(NC(=O)C3CC3)ccc12. The van der Waals surface area contributed by atoms with Crippen LogP contribution in [0.25, 0.3) is 10.9 Å². The zero-order chi connectivity index (χ0) is 15.2. The maximum absolute atomic E-state index is 11.9. The first-order valence-electron chi connectivity index (χ1n) is 7.33. The lowest BCUT2D eigenvalue weighted by Crippen LogP contribution is -2.18. The molecule has 0 radical (unpaired) electrons. The highest BCUT2D eigenvalue weighted by Crippen LogP contribution is 2.32. The second-order valence-corrected chi connectivity index (χ2v) is 6.82. The van der Waals surface area contributed by atoms with Crippen molar-refractivity contribution in [1.82, 2.24) is 4.98 Å². The topological polar surface area (TPSA) is 62.0 Å². The van der Waals surface area contributed by atoms with Gasteiger partial charge in [0.05, 0.1) is 5.52 Å². The summed E-state index contributed by atoms with van der Waals surface area (Å²) in [5, 5.41) is 3.93. The van der Waals surface area contributed by atoms with Crippen LogP contribution in [0.1, 0.15) is 39.2 Å². The predicted octanol–water partition coefficient (Wildman–Crippen LogP) is 3.17. The third-order valence-corrected chi connectivity index (χ3v) is 3.87. The standard InChI is InChI=1S/C17H20N2O2/c1-17(2,3)13-9-15(20)19-14-8-11(6-7-12(13)14)18-16(21)10-4-5-10/h6-10H,4-5H2,1-3H3,(H,18,21)(H,19,20). The molecule has 1 saturated carbocycles. The van der Waals surface area contributed by atoms with Crippen molar-refractivity contribution < 1.29 is 4.79 Å². The molecule has 2 aromatic rings. The summed E-state index contributed by atoms with van der Waals surface area (Å²) in [5.41, 5.74) is 2.30. The molecule has 1 heterocycles. The Hall–Kier alpha value is -2.10. The van der Waals surface area contributed by atoms with Crippen molar-refractivity contribution in [1.29, 1.82) is 0 Å². The van der Waals surface area contributed by atoms with Gasteiger partial charge in [-0.05, 0) is 36.0 Å². The number of fused-ring (bicyclic) bond motifs is 1. The van der Waals surface area contributed by atoms with E-state index in [9.17, 15) is 9.59 Å². The number of carbonyl (C=O) groups excluding carboxylic acids is 1. The van der Waals surface area contributed by atoms with Crippen molar-refractivity contribution in [3.05, 3.63) is 40.2 Å². The molecule has 1 fully saturated rings. The largest absolute Gasteiger partial charge is 0.326 e. The Morgan fingerprint density at radius 3 is 2.57 bits per heavy atom. The summed E-state index contributed by atoms with van der Waals surface area (Å²) in [6.45, 7) is 6.26. The minimum atomic E-state index is -0.113.